The fraction of sp³-hybridized carbons (Fsp3) is 0.263. The van der Waals surface area contributed by atoms with Gasteiger partial charge < -0.3 is 4.42 Å². The summed E-state index contributed by atoms with van der Waals surface area (Å²) in [5, 5.41) is 3.87. The molecule has 0 saturated carbocycles. The van der Waals surface area contributed by atoms with Crippen LogP contribution in [0.3, 0.4) is 0 Å². The van der Waals surface area contributed by atoms with Gasteiger partial charge >= 0.3 is 0 Å². The molecule has 2 aliphatic rings. The second-order valence-electron chi connectivity index (χ2n) is 6.75. The summed E-state index contributed by atoms with van der Waals surface area (Å²) in [6.07, 6.45) is 1.64. The molecule has 1 fully saturated rings. The summed E-state index contributed by atoms with van der Waals surface area (Å²) < 4.78 is 31.4. The molecule has 1 saturated heterocycles. The second-order valence-corrected chi connectivity index (χ2v) is 9.66. The van der Waals surface area contributed by atoms with Gasteiger partial charge in [0.25, 0.3) is 0 Å². The van der Waals surface area contributed by atoms with Crippen LogP contribution in [0.25, 0.3) is 11.3 Å². The van der Waals surface area contributed by atoms with Crippen molar-refractivity contribution in [3.63, 3.8) is 0 Å². The van der Waals surface area contributed by atoms with Crippen LogP contribution in [0.2, 0.25) is 0 Å². The van der Waals surface area contributed by atoms with Gasteiger partial charge in [0, 0.05) is 31.1 Å². The average Bonchev–Trinajstić information content (AvgIpc) is 3.37. The SMILES string of the molecule is O=S1(=O)c2ccc(-c3ccco3)cc2[C@@H]2CN(Cc3ccsc3)C[C@@H]21. The van der Waals surface area contributed by atoms with Crippen molar-refractivity contribution >= 4 is 21.2 Å². The molecule has 0 unspecified atom stereocenters. The monoisotopic (exact) mass is 371 g/mol. The molecule has 2 aromatic heterocycles. The highest BCUT2D eigenvalue weighted by Crippen LogP contribution is 2.46. The van der Waals surface area contributed by atoms with Gasteiger partial charge in [0.1, 0.15) is 5.76 Å². The zero-order valence-corrected chi connectivity index (χ0v) is 15.1. The van der Waals surface area contributed by atoms with Crippen LogP contribution in [0.15, 0.2) is 62.7 Å². The summed E-state index contributed by atoms with van der Waals surface area (Å²) in [5.74, 6) is 0.824. The van der Waals surface area contributed by atoms with E-state index in [1.165, 1.54) is 5.56 Å². The highest BCUT2D eigenvalue weighted by atomic mass is 32.2. The summed E-state index contributed by atoms with van der Waals surface area (Å²) >= 11 is 1.68. The lowest BCUT2D eigenvalue weighted by Crippen LogP contribution is -2.25. The third-order valence-electron chi connectivity index (χ3n) is 5.25. The first-order valence-electron chi connectivity index (χ1n) is 8.28. The van der Waals surface area contributed by atoms with Gasteiger partial charge in [-0.1, -0.05) is 0 Å². The van der Waals surface area contributed by atoms with Crippen molar-refractivity contribution in [2.75, 3.05) is 13.1 Å². The fourth-order valence-corrected chi connectivity index (χ4v) is 6.95. The van der Waals surface area contributed by atoms with Gasteiger partial charge in [-0.2, -0.15) is 11.3 Å². The number of furan rings is 1. The fourth-order valence-electron chi connectivity index (χ4n) is 4.09. The maximum Gasteiger partial charge on any atom is 0.183 e. The van der Waals surface area contributed by atoms with Gasteiger partial charge in [-0.25, -0.2) is 8.42 Å². The molecule has 5 rings (SSSR count). The quantitative estimate of drug-likeness (QED) is 0.703. The Labute approximate surface area is 150 Å². The molecule has 25 heavy (non-hydrogen) atoms. The summed E-state index contributed by atoms with van der Waals surface area (Å²) in [6, 6.07) is 11.5. The normalized spacial score (nSPS) is 24.3. The van der Waals surface area contributed by atoms with Gasteiger partial charge in [0.15, 0.2) is 9.84 Å². The molecule has 1 aromatic carbocycles. The lowest BCUT2D eigenvalue weighted by atomic mass is 9.96. The number of fused-ring (bicyclic) bond motifs is 3. The molecule has 0 radical (unpaired) electrons. The summed E-state index contributed by atoms with van der Waals surface area (Å²) in [7, 11) is -3.25. The Bertz CT molecular complexity index is 1010. The highest BCUT2D eigenvalue weighted by molar-refractivity contribution is 7.92. The Morgan fingerprint density at radius 2 is 2.12 bits per heavy atom. The third-order valence-corrected chi connectivity index (χ3v) is 8.24. The van der Waals surface area contributed by atoms with E-state index < -0.39 is 9.84 Å². The van der Waals surface area contributed by atoms with Crippen LogP contribution < -0.4 is 0 Å². The zero-order chi connectivity index (χ0) is 17.0. The van der Waals surface area contributed by atoms with Crippen molar-refractivity contribution in [3.05, 3.63) is 64.5 Å². The smallest absolute Gasteiger partial charge is 0.183 e. The average molecular weight is 371 g/mol. The van der Waals surface area contributed by atoms with Crippen LogP contribution in [0.1, 0.15) is 17.0 Å². The highest BCUT2D eigenvalue weighted by Gasteiger charge is 2.50. The van der Waals surface area contributed by atoms with Gasteiger partial charge in [-0.3, -0.25) is 4.90 Å². The van der Waals surface area contributed by atoms with E-state index in [2.05, 4.69) is 21.7 Å². The van der Waals surface area contributed by atoms with Crippen molar-refractivity contribution < 1.29 is 12.8 Å². The molecule has 0 amide bonds. The Morgan fingerprint density at radius 1 is 1.20 bits per heavy atom. The number of likely N-dealkylation sites (tertiary alicyclic amines) is 1. The van der Waals surface area contributed by atoms with Crippen molar-refractivity contribution in [1.29, 1.82) is 0 Å². The molecule has 0 bridgehead atoms. The predicted octanol–water partition coefficient (Wildman–Crippen LogP) is 3.76. The first-order chi connectivity index (χ1) is 12.1. The Balaban J connectivity index is 1.51. The predicted molar refractivity (Wildman–Crippen MR) is 97.5 cm³/mol. The first-order valence-corrected chi connectivity index (χ1v) is 10.8. The van der Waals surface area contributed by atoms with Gasteiger partial charge in [-0.15, -0.1) is 0 Å². The molecule has 2 atom stereocenters. The van der Waals surface area contributed by atoms with Crippen LogP contribution in [0.4, 0.5) is 0 Å². The summed E-state index contributed by atoms with van der Waals surface area (Å²) in [6.45, 7) is 2.21. The molecule has 2 aliphatic heterocycles. The molecule has 128 valence electrons. The van der Waals surface area contributed by atoms with Crippen molar-refractivity contribution in [2.45, 2.75) is 22.6 Å². The van der Waals surface area contributed by atoms with Crippen LogP contribution >= 0.6 is 11.3 Å². The number of hydrogen-bond donors (Lipinski definition) is 0. The van der Waals surface area contributed by atoms with Gasteiger partial charge in [-0.05, 0) is 58.3 Å². The lowest BCUT2D eigenvalue weighted by Gasteiger charge is -2.16. The molecule has 6 heteroatoms. The minimum atomic E-state index is -3.25. The minimum absolute atomic E-state index is 0.0496. The number of sulfone groups is 1. The Kier molecular flexibility index (Phi) is 3.42. The van der Waals surface area contributed by atoms with Crippen LogP contribution in [0.5, 0.6) is 0 Å². The molecule has 3 aromatic rings. The second kappa shape index (κ2) is 5.56. The Hall–Kier alpha value is -1.89. The summed E-state index contributed by atoms with van der Waals surface area (Å²) in [4.78, 5) is 2.77. The van der Waals surface area contributed by atoms with Crippen molar-refractivity contribution in [2.24, 2.45) is 0 Å². The minimum Gasteiger partial charge on any atom is -0.464 e. The molecular weight excluding hydrogens is 354 g/mol. The van der Waals surface area contributed by atoms with E-state index >= 15 is 0 Å². The summed E-state index contributed by atoms with van der Waals surface area (Å²) in [5.41, 5.74) is 3.15. The van der Waals surface area contributed by atoms with E-state index in [0.717, 1.165) is 30.0 Å². The molecule has 4 heterocycles. The first kappa shape index (κ1) is 15.4. The van der Waals surface area contributed by atoms with E-state index in [9.17, 15) is 8.42 Å². The largest absolute Gasteiger partial charge is 0.464 e. The standard InChI is InChI=1S/C19H17NO3S2/c21-25(22)18-4-3-14(17-2-1-6-23-17)8-15(18)16-10-20(11-19(16)25)9-13-5-7-24-12-13/h1-8,12,16,19H,9-11H2/t16-,19-/m0/s1. The third kappa shape index (κ3) is 2.39. The maximum absolute atomic E-state index is 13.0. The van der Waals surface area contributed by atoms with Crippen LogP contribution in [0, 0.1) is 0 Å². The zero-order valence-electron chi connectivity index (χ0n) is 13.5. The molecule has 0 aliphatic carbocycles. The molecular formula is C19H17NO3S2. The number of thiophene rings is 1. The van der Waals surface area contributed by atoms with E-state index in [-0.39, 0.29) is 11.2 Å². The maximum atomic E-state index is 13.0. The van der Waals surface area contributed by atoms with Gasteiger partial charge in [0.2, 0.25) is 0 Å². The van der Waals surface area contributed by atoms with Crippen LogP contribution in [-0.4, -0.2) is 31.7 Å². The number of benzene rings is 1. The van der Waals surface area contributed by atoms with Crippen molar-refractivity contribution in [1.82, 2.24) is 4.90 Å². The van der Waals surface area contributed by atoms with Crippen molar-refractivity contribution in [3.8, 4) is 11.3 Å². The molecule has 0 N–H and O–H groups in total. The molecule has 0 spiro atoms. The van der Waals surface area contributed by atoms with E-state index in [4.69, 9.17) is 4.42 Å². The number of nitrogens with zero attached hydrogens (tertiary/aromatic N) is 1. The molecule has 4 nitrogen and oxygen atoms in total. The Morgan fingerprint density at radius 3 is 2.88 bits per heavy atom. The number of hydrogen-bond acceptors (Lipinski definition) is 5. The van der Waals surface area contributed by atoms with Gasteiger partial charge in [0.05, 0.1) is 16.4 Å². The van der Waals surface area contributed by atoms with E-state index in [0.29, 0.717) is 11.4 Å². The van der Waals surface area contributed by atoms with E-state index in [1.54, 1.807) is 23.7 Å². The van der Waals surface area contributed by atoms with Crippen LogP contribution in [-0.2, 0) is 16.4 Å². The topological polar surface area (TPSA) is 50.5 Å². The number of rotatable bonds is 3. The lowest BCUT2D eigenvalue weighted by molar-refractivity contribution is 0.326. The van der Waals surface area contributed by atoms with E-state index in [1.807, 2.05) is 24.3 Å².